The van der Waals surface area contributed by atoms with Crippen molar-refractivity contribution in [1.29, 1.82) is 0 Å². The summed E-state index contributed by atoms with van der Waals surface area (Å²) in [6.07, 6.45) is 7.20. The third kappa shape index (κ3) is 6.68. The van der Waals surface area contributed by atoms with Crippen molar-refractivity contribution >= 4 is 11.9 Å². The molecule has 3 N–H and O–H groups in total. The van der Waals surface area contributed by atoms with Gasteiger partial charge in [0.2, 0.25) is 0 Å². The van der Waals surface area contributed by atoms with E-state index in [0.717, 1.165) is 63.9 Å². The minimum absolute atomic E-state index is 0.0504. The second-order valence-corrected chi connectivity index (χ2v) is 8.54. The lowest BCUT2D eigenvalue weighted by atomic mass is 9.80. The van der Waals surface area contributed by atoms with Gasteiger partial charge >= 0.3 is 0 Å². The van der Waals surface area contributed by atoms with Crippen molar-refractivity contribution in [3.63, 3.8) is 0 Å². The monoisotopic (exact) mass is 429 g/mol. The van der Waals surface area contributed by atoms with Crippen LogP contribution in [0.25, 0.3) is 0 Å². The van der Waals surface area contributed by atoms with Crippen LogP contribution in [0.2, 0.25) is 0 Å². The van der Waals surface area contributed by atoms with Gasteiger partial charge in [-0.05, 0) is 43.9 Å². The molecule has 2 fully saturated rings. The Hall–Kier alpha value is -2.12. The average Bonchev–Trinajstić information content (AvgIpc) is 2.83. The van der Waals surface area contributed by atoms with E-state index in [4.69, 9.17) is 9.73 Å². The molecule has 31 heavy (non-hydrogen) atoms. The Bertz CT molecular complexity index is 724. The molecule has 0 bridgehead atoms. The topological polar surface area (TPSA) is 78.0 Å². The number of benzene rings is 1. The van der Waals surface area contributed by atoms with Crippen LogP contribution in [0.15, 0.2) is 29.3 Å². The normalized spacial score (nSPS) is 19.6. The van der Waals surface area contributed by atoms with E-state index in [2.05, 4.69) is 33.8 Å². The second-order valence-electron chi connectivity index (χ2n) is 8.54. The molecule has 0 spiro atoms. The van der Waals surface area contributed by atoms with Gasteiger partial charge in [-0.25, -0.2) is 0 Å². The number of aliphatic imine (C=N–C) groups is 1. The van der Waals surface area contributed by atoms with E-state index in [1.54, 1.807) is 7.05 Å². The predicted molar refractivity (Wildman–Crippen MR) is 126 cm³/mol. The Morgan fingerprint density at radius 3 is 2.65 bits per heavy atom. The number of carbonyl (C=O) groups excluding carboxylic acids is 1. The molecule has 1 saturated heterocycles. The maximum Gasteiger partial charge on any atom is 0.251 e. The predicted octanol–water partition coefficient (Wildman–Crippen LogP) is 2.18. The fraction of sp³-hybridized carbons (Fsp3) is 0.667. The molecule has 1 aliphatic carbocycles. The second kappa shape index (κ2) is 12.1. The zero-order valence-corrected chi connectivity index (χ0v) is 19.2. The highest BCUT2D eigenvalue weighted by atomic mass is 16.5. The molecule has 7 heteroatoms. The lowest BCUT2D eigenvalue weighted by molar-refractivity contribution is -0.0333. The molecule has 1 saturated carbocycles. The molecular formula is C24H39N5O2. The van der Waals surface area contributed by atoms with E-state index in [1.807, 2.05) is 18.2 Å². The van der Waals surface area contributed by atoms with Gasteiger partial charge in [0.05, 0.1) is 19.8 Å². The fourth-order valence-corrected chi connectivity index (χ4v) is 4.73. The van der Waals surface area contributed by atoms with Gasteiger partial charge in [-0.15, -0.1) is 0 Å². The van der Waals surface area contributed by atoms with Crippen molar-refractivity contribution in [3.05, 3.63) is 35.4 Å². The van der Waals surface area contributed by atoms with E-state index in [-0.39, 0.29) is 11.4 Å². The van der Waals surface area contributed by atoms with Crippen LogP contribution in [0.4, 0.5) is 0 Å². The maximum absolute atomic E-state index is 11.9. The van der Waals surface area contributed by atoms with Crippen LogP contribution in [0.5, 0.6) is 0 Å². The summed E-state index contributed by atoms with van der Waals surface area (Å²) in [6.45, 7) is 8.23. The highest BCUT2D eigenvalue weighted by molar-refractivity contribution is 5.94. The average molecular weight is 430 g/mol. The molecule has 0 aromatic heterocycles. The molecule has 0 unspecified atom stereocenters. The third-order valence-corrected chi connectivity index (χ3v) is 6.46. The highest BCUT2D eigenvalue weighted by Gasteiger charge is 2.38. The van der Waals surface area contributed by atoms with Crippen LogP contribution >= 0.6 is 0 Å². The molecule has 1 aromatic rings. The van der Waals surface area contributed by atoms with E-state index in [0.29, 0.717) is 5.56 Å². The number of nitrogens with one attached hydrogen (secondary N) is 3. The van der Waals surface area contributed by atoms with Crippen molar-refractivity contribution in [1.82, 2.24) is 20.9 Å². The number of ether oxygens (including phenoxy) is 1. The van der Waals surface area contributed by atoms with E-state index in [1.165, 1.54) is 32.1 Å². The van der Waals surface area contributed by atoms with Gasteiger partial charge in [0.1, 0.15) is 0 Å². The molecule has 1 heterocycles. The SMILES string of the molecule is CCNC(=NCC1(N2CCOCC2)CCCCC1)NCCc1cccc(C(=O)NC)c1. The summed E-state index contributed by atoms with van der Waals surface area (Å²) in [4.78, 5) is 19.5. The summed E-state index contributed by atoms with van der Waals surface area (Å²) in [5.74, 6) is 0.828. The molecule has 0 radical (unpaired) electrons. The Balaban J connectivity index is 1.60. The summed E-state index contributed by atoms with van der Waals surface area (Å²) in [6, 6.07) is 7.80. The van der Waals surface area contributed by atoms with Gasteiger partial charge in [-0.3, -0.25) is 14.7 Å². The van der Waals surface area contributed by atoms with E-state index < -0.39 is 0 Å². The first-order valence-electron chi connectivity index (χ1n) is 11.8. The Morgan fingerprint density at radius 2 is 1.94 bits per heavy atom. The number of amides is 1. The summed E-state index contributed by atoms with van der Waals surface area (Å²) in [7, 11) is 1.66. The molecule has 2 aliphatic rings. The lowest BCUT2D eigenvalue weighted by Crippen LogP contribution is -2.56. The molecule has 0 atom stereocenters. The molecule has 1 aromatic carbocycles. The van der Waals surface area contributed by atoms with Crippen molar-refractivity contribution in [3.8, 4) is 0 Å². The van der Waals surface area contributed by atoms with Crippen LogP contribution in [-0.2, 0) is 11.2 Å². The van der Waals surface area contributed by atoms with Gasteiger partial charge < -0.3 is 20.7 Å². The first-order chi connectivity index (χ1) is 15.2. The number of carbonyl (C=O) groups is 1. The number of nitrogens with zero attached hydrogens (tertiary/aromatic N) is 2. The number of rotatable bonds is 8. The largest absolute Gasteiger partial charge is 0.379 e. The number of hydrogen-bond donors (Lipinski definition) is 3. The smallest absolute Gasteiger partial charge is 0.251 e. The summed E-state index contributed by atoms with van der Waals surface area (Å²) < 4.78 is 5.60. The zero-order valence-electron chi connectivity index (χ0n) is 19.2. The standard InChI is InChI=1S/C24H39N5O2/c1-3-26-23(27-13-10-20-8-7-9-21(18-20)22(30)25-2)28-19-24(11-5-4-6-12-24)29-14-16-31-17-15-29/h7-9,18H,3-6,10-17,19H2,1-2H3,(H,25,30)(H2,26,27,28). The van der Waals surface area contributed by atoms with Gasteiger partial charge in [0.25, 0.3) is 5.91 Å². The first-order valence-corrected chi connectivity index (χ1v) is 11.8. The Kier molecular flexibility index (Phi) is 9.15. The quantitative estimate of drug-likeness (QED) is 0.436. The lowest BCUT2D eigenvalue weighted by Gasteiger charge is -2.47. The first kappa shape index (κ1) is 23.5. The van der Waals surface area contributed by atoms with Crippen LogP contribution in [0.1, 0.15) is 54.9 Å². The van der Waals surface area contributed by atoms with E-state index >= 15 is 0 Å². The van der Waals surface area contributed by atoms with Crippen LogP contribution in [0, 0.1) is 0 Å². The van der Waals surface area contributed by atoms with E-state index in [9.17, 15) is 4.79 Å². The summed E-state index contributed by atoms with van der Waals surface area (Å²) in [5.41, 5.74) is 2.01. The third-order valence-electron chi connectivity index (χ3n) is 6.46. The Labute approximate surface area is 187 Å². The molecular weight excluding hydrogens is 390 g/mol. The molecule has 1 amide bonds. The molecule has 3 rings (SSSR count). The minimum atomic E-state index is -0.0504. The number of morpholine rings is 1. The maximum atomic E-state index is 11.9. The molecule has 172 valence electrons. The fourth-order valence-electron chi connectivity index (χ4n) is 4.73. The number of hydrogen-bond acceptors (Lipinski definition) is 4. The van der Waals surface area contributed by atoms with Crippen molar-refractivity contribution in [2.24, 2.45) is 4.99 Å². The van der Waals surface area contributed by atoms with Crippen molar-refractivity contribution in [2.75, 3.05) is 53.0 Å². The highest BCUT2D eigenvalue weighted by Crippen LogP contribution is 2.34. The van der Waals surface area contributed by atoms with Gasteiger partial charge in [-0.1, -0.05) is 31.4 Å². The van der Waals surface area contributed by atoms with Gasteiger partial charge in [-0.2, -0.15) is 0 Å². The summed E-state index contributed by atoms with van der Waals surface area (Å²) in [5, 5.41) is 9.57. The molecule has 1 aliphatic heterocycles. The van der Waals surface area contributed by atoms with Gasteiger partial charge in [0.15, 0.2) is 5.96 Å². The van der Waals surface area contributed by atoms with Gasteiger partial charge in [0, 0.05) is 44.3 Å². The zero-order chi connectivity index (χ0) is 21.9. The summed E-state index contributed by atoms with van der Waals surface area (Å²) >= 11 is 0. The minimum Gasteiger partial charge on any atom is -0.379 e. The van der Waals surface area contributed by atoms with Crippen LogP contribution in [0.3, 0.4) is 0 Å². The van der Waals surface area contributed by atoms with Crippen LogP contribution < -0.4 is 16.0 Å². The van der Waals surface area contributed by atoms with Crippen molar-refractivity contribution < 1.29 is 9.53 Å². The van der Waals surface area contributed by atoms with Crippen molar-refractivity contribution in [2.45, 2.75) is 51.0 Å². The number of guanidine groups is 1. The Morgan fingerprint density at radius 1 is 1.16 bits per heavy atom. The molecule has 7 nitrogen and oxygen atoms in total. The van der Waals surface area contributed by atoms with Crippen LogP contribution in [-0.4, -0.2) is 75.3 Å².